The summed E-state index contributed by atoms with van der Waals surface area (Å²) in [6.07, 6.45) is -2.83. The summed E-state index contributed by atoms with van der Waals surface area (Å²) in [5, 5.41) is 2.23. The van der Waals surface area contributed by atoms with Crippen molar-refractivity contribution >= 4 is 17.5 Å². The summed E-state index contributed by atoms with van der Waals surface area (Å²) in [5.41, 5.74) is -1.78. The molecule has 1 amide bonds. The molecule has 2 heterocycles. The highest BCUT2D eigenvalue weighted by atomic mass is 35.5. The van der Waals surface area contributed by atoms with Crippen molar-refractivity contribution < 1.29 is 36.6 Å². The van der Waals surface area contributed by atoms with Crippen LogP contribution >= 0.6 is 11.6 Å². The summed E-state index contributed by atoms with van der Waals surface area (Å²) in [6, 6.07) is 9.65. The molecular weight excluding hydrogens is 552 g/mol. The molecule has 212 valence electrons. The first kappa shape index (κ1) is 28.0. The summed E-state index contributed by atoms with van der Waals surface area (Å²) in [5.74, 6) is -0.478. The number of amides is 1. The van der Waals surface area contributed by atoms with Gasteiger partial charge in [0.05, 0.1) is 30.5 Å². The van der Waals surface area contributed by atoms with Crippen LogP contribution in [0, 0.1) is 5.82 Å². The lowest BCUT2D eigenvalue weighted by molar-refractivity contribution is -0.184. The fourth-order valence-electron chi connectivity index (χ4n) is 4.46. The first-order valence-corrected chi connectivity index (χ1v) is 13.1. The Labute approximate surface area is 233 Å². The van der Waals surface area contributed by atoms with Gasteiger partial charge in [0.25, 0.3) is 5.91 Å². The Hall–Kier alpha value is -3.53. The molecule has 2 aliphatic rings. The average molecular weight is 579 g/mol. The third-order valence-corrected chi connectivity index (χ3v) is 7.53. The number of rotatable bonds is 8. The van der Waals surface area contributed by atoms with Gasteiger partial charge in [0, 0.05) is 29.2 Å². The number of methoxy groups -OCH3 is 1. The third-order valence-electron chi connectivity index (χ3n) is 7.24. The third kappa shape index (κ3) is 5.29. The van der Waals surface area contributed by atoms with Crippen molar-refractivity contribution in [2.45, 2.75) is 50.3 Å². The molecule has 0 radical (unpaired) electrons. The number of ether oxygens (including phenoxy) is 3. The molecule has 0 saturated heterocycles. The summed E-state index contributed by atoms with van der Waals surface area (Å²) < 4.78 is 74.8. The number of fused-ring (bicyclic) bond motifs is 1. The van der Waals surface area contributed by atoms with E-state index in [1.807, 2.05) is 6.92 Å². The van der Waals surface area contributed by atoms with Crippen molar-refractivity contribution in [2.75, 3.05) is 20.3 Å². The molecule has 3 aromatic rings. The Bertz CT molecular complexity index is 1460. The Morgan fingerprint density at radius 3 is 2.55 bits per heavy atom. The van der Waals surface area contributed by atoms with E-state index in [4.69, 9.17) is 25.8 Å². The van der Waals surface area contributed by atoms with Gasteiger partial charge in [0.15, 0.2) is 11.5 Å². The van der Waals surface area contributed by atoms with Gasteiger partial charge in [-0.15, -0.1) is 0 Å². The van der Waals surface area contributed by atoms with E-state index in [0.717, 1.165) is 25.8 Å². The molecular formula is C29H27ClF4N2O4. The zero-order chi connectivity index (χ0) is 28.8. The van der Waals surface area contributed by atoms with Crippen LogP contribution in [0.1, 0.15) is 54.2 Å². The minimum atomic E-state index is -4.79. The number of alkyl halides is 3. The number of nitrogens with zero attached hydrogens (tertiary/aromatic N) is 1. The molecule has 0 bridgehead atoms. The lowest BCUT2D eigenvalue weighted by atomic mass is 9.83. The average Bonchev–Trinajstić information content (AvgIpc) is 3.67. The molecule has 1 saturated carbocycles. The summed E-state index contributed by atoms with van der Waals surface area (Å²) >= 11 is 5.96. The van der Waals surface area contributed by atoms with Crippen LogP contribution in [0.15, 0.2) is 42.5 Å². The molecule has 11 heteroatoms. The van der Waals surface area contributed by atoms with Crippen LogP contribution in [0.25, 0.3) is 11.3 Å². The predicted molar refractivity (Wildman–Crippen MR) is 141 cm³/mol. The number of carbonyl (C=O) groups is 1. The summed E-state index contributed by atoms with van der Waals surface area (Å²) in [4.78, 5) is 17.4. The SMILES string of the molecule is COc1cc(C(=O)NCC(C)(c2cc3c(c(-c4ccc(F)c(Cl)c4)n2)OCC3C)C(F)(F)F)ccc1OC1CC1. The monoisotopic (exact) mass is 578 g/mol. The van der Waals surface area contributed by atoms with Crippen LogP contribution in [0.4, 0.5) is 17.6 Å². The highest BCUT2D eigenvalue weighted by molar-refractivity contribution is 6.31. The molecule has 2 atom stereocenters. The van der Waals surface area contributed by atoms with E-state index in [-0.39, 0.29) is 40.6 Å². The molecule has 1 aromatic heterocycles. The van der Waals surface area contributed by atoms with Gasteiger partial charge in [0.2, 0.25) is 0 Å². The highest BCUT2D eigenvalue weighted by Gasteiger charge is 2.54. The molecule has 1 N–H and O–H groups in total. The van der Waals surface area contributed by atoms with E-state index >= 15 is 0 Å². The van der Waals surface area contributed by atoms with Gasteiger partial charge in [-0.1, -0.05) is 18.5 Å². The molecule has 1 fully saturated rings. The Kier molecular flexibility index (Phi) is 7.33. The van der Waals surface area contributed by atoms with Crippen LogP contribution in [0.3, 0.4) is 0 Å². The predicted octanol–water partition coefficient (Wildman–Crippen LogP) is 6.84. The molecule has 1 aliphatic heterocycles. The van der Waals surface area contributed by atoms with Gasteiger partial charge < -0.3 is 19.5 Å². The highest BCUT2D eigenvalue weighted by Crippen LogP contribution is 2.47. The molecule has 2 aromatic carbocycles. The van der Waals surface area contributed by atoms with Gasteiger partial charge in [0.1, 0.15) is 22.7 Å². The van der Waals surface area contributed by atoms with Gasteiger partial charge in [-0.05, 0) is 62.2 Å². The number of benzene rings is 2. The zero-order valence-corrected chi connectivity index (χ0v) is 22.8. The van der Waals surface area contributed by atoms with Crippen molar-refractivity contribution in [1.82, 2.24) is 10.3 Å². The van der Waals surface area contributed by atoms with Crippen LogP contribution in [0.5, 0.6) is 17.2 Å². The first-order chi connectivity index (χ1) is 18.9. The van der Waals surface area contributed by atoms with Crippen molar-refractivity contribution in [1.29, 1.82) is 0 Å². The van der Waals surface area contributed by atoms with Gasteiger partial charge in [-0.2, -0.15) is 13.2 Å². The topological polar surface area (TPSA) is 69.7 Å². The minimum Gasteiger partial charge on any atom is -0.493 e. The fraction of sp³-hybridized carbons (Fsp3) is 0.379. The zero-order valence-electron chi connectivity index (χ0n) is 22.0. The molecule has 2 unspecified atom stereocenters. The second-order valence-corrected chi connectivity index (χ2v) is 10.7. The van der Waals surface area contributed by atoms with Crippen molar-refractivity contribution in [2.24, 2.45) is 0 Å². The number of carbonyl (C=O) groups excluding carboxylic acids is 1. The van der Waals surface area contributed by atoms with Gasteiger partial charge >= 0.3 is 6.18 Å². The smallest absolute Gasteiger partial charge is 0.401 e. The number of aromatic nitrogens is 1. The number of hydrogen-bond donors (Lipinski definition) is 1. The van der Waals surface area contributed by atoms with E-state index in [1.165, 1.54) is 37.4 Å². The van der Waals surface area contributed by atoms with Crippen LogP contribution in [-0.4, -0.2) is 43.4 Å². The maximum absolute atomic E-state index is 14.7. The van der Waals surface area contributed by atoms with E-state index in [9.17, 15) is 22.4 Å². The Morgan fingerprint density at radius 1 is 1.15 bits per heavy atom. The van der Waals surface area contributed by atoms with Crippen molar-refractivity contribution in [3.63, 3.8) is 0 Å². The van der Waals surface area contributed by atoms with Crippen molar-refractivity contribution in [3.8, 4) is 28.5 Å². The lowest BCUT2D eigenvalue weighted by Crippen LogP contribution is -2.49. The number of hydrogen-bond acceptors (Lipinski definition) is 5. The summed E-state index contributed by atoms with van der Waals surface area (Å²) in [6.45, 7) is 2.28. The van der Waals surface area contributed by atoms with E-state index in [0.29, 0.717) is 28.4 Å². The number of pyridine rings is 1. The number of halogens is 5. The van der Waals surface area contributed by atoms with Crippen LogP contribution in [0.2, 0.25) is 5.02 Å². The second kappa shape index (κ2) is 10.5. The Balaban J connectivity index is 1.48. The standard InChI is InChI=1S/C29H27ClF4N2O4/c1-15-13-39-26-19(15)12-24(36-25(26)16-4-8-21(31)20(30)10-16)28(2,29(32,33)34)14-35-27(37)17-5-9-22(23(11-17)38-3)40-18-6-7-18/h4-5,8-12,15,18H,6-7,13-14H2,1-3H3,(H,35,37). The van der Waals surface area contributed by atoms with Gasteiger partial charge in [-0.25, -0.2) is 9.37 Å². The molecule has 5 rings (SSSR count). The molecule has 40 heavy (non-hydrogen) atoms. The molecule has 1 aliphatic carbocycles. The second-order valence-electron chi connectivity index (χ2n) is 10.3. The van der Waals surface area contributed by atoms with Gasteiger partial charge in [-0.3, -0.25) is 4.79 Å². The first-order valence-electron chi connectivity index (χ1n) is 12.7. The molecule has 0 spiro atoms. The maximum atomic E-state index is 14.7. The van der Waals surface area contributed by atoms with E-state index in [1.54, 1.807) is 6.07 Å². The normalized spacial score (nSPS) is 17.9. The number of nitrogens with one attached hydrogen (secondary N) is 1. The summed E-state index contributed by atoms with van der Waals surface area (Å²) in [7, 11) is 1.42. The lowest BCUT2D eigenvalue weighted by Gasteiger charge is -2.32. The van der Waals surface area contributed by atoms with Crippen molar-refractivity contribution in [3.05, 3.63) is 70.1 Å². The largest absolute Gasteiger partial charge is 0.493 e. The Morgan fingerprint density at radius 2 is 1.90 bits per heavy atom. The van der Waals surface area contributed by atoms with E-state index in [2.05, 4.69) is 10.3 Å². The van der Waals surface area contributed by atoms with Crippen LogP contribution in [-0.2, 0) is 5.41 Å². The molecule has 6 nitrogen and oxygen atoms in total. The maximum Gasteiger partial charge on any atom is 0.401 e. The quantitative estimate of drug-likeness (QED) is 0.297. The minimum absolute atomic E-state index is 0.102. The van der Waals surface area contributed by atoms with E-state index < -0.39 is 29.9 Å². The fourth-order valence-corrected chi connectivity index (χ4v) is 4.64. The van der Waals surface area contributed by atoms with Crippen LogP contribution < -0.4 is 19.5 Å².